The number of hydrogen-bond donors (Lipinski definition) is 1. The second-order valence-electron chi connectivity index (χ2n) is 4.36. The van der Waals surface area contributed by atoms with Crippen LogP contribution in [0.25, 0.3) is 0 Å². The van der Waals surface area contributed by atoms with Crippen LogP contribution in [0.4, 0.5) is 0 Å². The summed E-state index contributed by atoms with van der Waals surface area (Å²) in [5, 5.41) is 0. The third-order valence-electron chi connectivity index (χ3n) is 2.75. The summed E-state index contributed by atoms with van der Waals surface area (Å²) in [6.45, 7) is 3.75. The van der Waals surface area contributed by atoms with E-state index in [1.54, 1.807) is 6.92 Å². The van der Waals surface area contributed by atoms with Gasteiger partial charge in [0, 0.05) is 6.92 Å². The monoisotopic (exact) mass is 280 g/mol. The molecular weight excluding hydrogens is 264 g/mol. The van der Waals surface area contributed by atoms with E-state index in [0.717, 1.165) is 11.1 Å². The highest BCUT2D eigenvalue weighted by Crippen LogP contribution is 2.11. The zero-order chi connectivity index (χ0) is 13.9. The Balaban J connectivity index is 2.01. The van der Waals surface area contributed by atoms with Gasteiger partial charge in [0.25, 0.3) is 0 Å². The van der Waals surface area contributed by atoms with Crippen LogP contribution in [0, 0.1) is 13.8 Å². The first kappa shape index (κ1) is 13.8. The van der Waals surface area contributed by atoms with E-state index in [-0.39, 0.29) is 12.3 Å². The van der Waals surface area contributed by atoms with Crippen molar-refractivity contribution in [2.75, 3.05) is 0 Å². The van der Waals surface area contributed by atoms with Crippen molar-refractivity contribution >= 4 is 10.0 Å². The lowest BCUT2D eigenvalue weighted by atomic mass is 10.1. The fourth-order valence-electron chi connectivity index (χ4n) is 1.70. The van der Waals surface area contributed by atoms with Crippen LogP contribution in [0.5, 0.6) is 0 Å². The molecule has 0 aliphatic rings. The van der Waals surface area contributed by atoms with Gasteiger partial charge in [-0.25, -0.2) is 18.1 Å². The Bertz CT molecular complexity index is 662. The van der Waals surface area contributed by atoms with Crippen LogP contribution in [0.2, 0.25) is 0 Å². The molecule has 2 aromatic rings. The van der Waals surface area contributed by atoms with Gasteiger partial charge in [-0.3, -0.25) is 0 Å². The molecule has 0 atom stereocenters. The van der Waals surface area contributed by atoms with Crippen LogP contribution in [0.1, 0.15) is 22.7 Å². The van der Waals surface area contributed by atoms with Crippen molar-refractivity contribution in [3.05, 3.63) is 53.2 Å². The summed E-state index contributed by atoms with van der Waals surface area (Å²) in [6, 6.07) is 7.43. The molecule has 0 saturated carbocycles. The summed E-state index contributed by atoms with van der Waals surface area (Å²) in [5.74, 6) is 0.490. The molecule has 1 aromatic heterocycles. The molecule has 0 aliphatic carbocycles. The zero-order valence-electron chi connectivity index (χ0n) is 10.9. The highest BCUT2D eigenvalue weighted by Gasteiger charge is 2.13. The van der Waals surface area contributed by atoms with Crippen LogP contribution in [0.3, 0.4) is 0 Å². The van der Waals surface area contributed by atoms with E-state index in [1.807, 2.05) is 31.2 Å². The maximum absolute atomic E-state index is 12.0. The van der Waals surface area contributed by atoms with Crippen LogP contribution in [-0.4, -0.2) is 13.4 Å². The molecule has 0 aliphatic heterocycles. The molecule has 1 N–H and O–H groups in total. The van der Waals surface area contributed by atoms with Gasteiger partial charge in [-0.2, -0.15) is 0 Å². The topological polar surface area (TPSA) is 72.2 Å². The molecule has 0 saturated heterocycles. The van der Waals surface area contributed by atoms with E-state index in [1.165, 1.54) is 6.26 Å². The van der Waals surface area contributed by atoms with Gasteiger partial charge in [0.15, 0.2) is 5.89 Å². The Morgan fingerprint density at radius 2 is 2.00 bits per heavy atom. The van der Waals surface area contributed by atoms with E-state index in [2.05, 4.69) is 9.71 Å². The van der Waals surface area contributed by atoms with Gasteiger partial charge in [-0.1, -0.05) is 24.3 Å². The minimum Gasteiger partial charge on any atom is -0.449 e. The number of rotatable bonds is 5. The van der Waals surface area contributed by atoms with Crippen molar-refractivity contribution in [1.82, 2.24) is 9.71 Å². The highest BCUT2D eigenvalue weighted by atomic mass is 32.2. The Labute approximate surface area is 112 Å². The lowest BCUT2D eigenvalue weighted by Gasteiger charge is -2.07. The molecule has 2 rings (SSSR count). The largest absolute Gasteiger partial charge is 0.449 e. The van der Waals surface area contributed by atoms with Crippen molar-refractivity contribution < 1.29 is 12.8 Å². The summed E-state index contributed by atoms with van der Waals surface area (Å²) in [6.07, 6.45) is 1.45. The standard InChI is InChI=1S/C13H16N2O3S/c1-10-5-3-4-6-12(10)9-19(16,17)14-7-13-8-18-11(2)15-13/h3-6,8,14H,7,9H2,1-2H3. The quantitative estimate of drug-likeness (QED) is 0.908. The summed E-state index contributed by atoms with van der Waals surface area (Å²) >= 11 is 0. The van der Waals surface area contributed by atoms with Gasteiger partial charge < -0.3 is 4.42 Å². The molecule has 102 valence electrons. The van der Waals surface area contributed by atoms with Gasteiger partial charge in [0.05, 0.1) is 18.0 Å². The molecule has 0 radical (unpaired) electrons. The Kier molecular flexibility index (Phi) is 4.01. The number of nitrogens with one attached hydrogen (secondary N) is 1. The number of benzene rings is 1. The summed E-state index contributed by atoms with van der Waals surface area (Å²) in [4.78, 5) is 4.04. The molecule has 19 heavy (non-hydrogen) atoms. The van der Waals surface area contributed by atoms with Gasteiger partial charge in [0.1, 0.15) is 6.26 Å². The van der Waals surface area contributed by atoms with E-state index >= 15 is 0 Å². The van der Waals surface area contributed by atoms with Crippen molar-refractivity contribution in [2.24, 2.45) is 0 Å². The van der Waals surface area contributed by atoms with Crippen molar-refractivity contribution in [3.8, 4) is 0 Å². The average molecular weight is 280 g/mol. The molecule has 5 nitrogen and oxygen atoms in total. The minimum absolute atomic E-state index is 0.0312. The number of aromatic nitrogens is 1. The van der Waals surface area contributed by atoms with Crippen LogP contribution < -0.4 is 4.72 Å². The van der Waals surface area contributed by atoms with E-state index in [9.17, 15) is 8.42 Å². The predicted octanol–water partition coefficient (Wildman–Crippen LogP) is 1.91. The third-order valence-corrected chi connectivity index (χ3v) is 4.02. The number of sulfonamides is 1. The fraction of sp³-hybridized carbons (Fsp3) is 0.308. The lowest BCUT2D eigenvalue weighted by Crippen LogP contribution is -2.25. The van der Waals surface area contributed by atoms with Gasteiger partial charge in [0.2, 0.25) is 10.0 Å². The molecule has 6 heteroatoms. The summed E-state index contributed by atoms with van der Waals surface area (Å²) in [7, 11) is -3.38. The Hall–Kier alpha value is -1.66. The van der Waals surface area contributed by atoms with Gasteiger partial charge >= 0.3 is 0 Å². The Morgan fingerprint density at radius 1 is 1.26 bits per heavy atom. The molecular formula is C13H16N2O3S. The number of aryl methyl sites for hydroxylation is 2. The summed E-state index contributed by atoms with van der Waals surface area (Å²) < 4.78 is 31.5. The SMILES string of the molecule is Cc1nc(CNS(=O)(=O)Cc2ccccc2C)co1. The maximum atomic E-state index is 12.0. The minimum atomic E-state index is -3.38. The van der Waals surface area contributed by atoms with E-state index in [0.29, 0.717) is 11.6 Å². The maximum Gasteiger partial charge on any atom is 0.216 e. The van der Waals surface area contributed by atoms with E-state index < -0.39 is 10.0 Å². The second kappa shape index (κ2) is 5.54. The zero-order valence-corrected chi connectivity index (χ0v) is 11.7. The number of oxazole rings is 1. The molecule has 1 aromatic carbocycles. The lowest BCUT2D eigenvalue weighted by molar-refractivity contribution is 0.520. The second-order valence-corrected chi connectivity index (χ2v) is 6.17. The van der Waals surface area contributed by atoms with Crippen molar-refractivity contribution in [1.29, 1.82) is 0 Å². The average Bonchev–Trinajstić information content (AvgIpc) is 2.76. The Morgan fingerprint density at radius 3 is 2.63 bits per heavy atom. The summed E-state index contributed by atoms with van der Waals surface area (Å²) in [5.41, 5.74) is 2.34. The van der Waals surface area contributed by atoms with Crippen LogP contribution >= 0.6 is 0 Å². The molecule has 1 heterocycles. The van der Waals surface area contributed by atoms with Crippen molar-refractivity contribution in [3.63, 3.8) is 0 Å². The number of nitrogens with zero attached hydrogens (tertiary/aromatic N) is 1. The van der Waals surface area contributed by atoms with Crippen LogP contribution in [-0.2, 0) is 22.3 Å². The molecule has 0 fully saturated rings. The van der Waals surface area contributed by atoms with Gasteiger partial charge in [-0.15, -0.1) is 0 Å². The third kappa shape index (κ3) is 3.90. The number of hydrogen-bond acceptors (Lipinski definition) is 4. The predicted molar refractivity (Wildman–Crippen MR) is 71.9 cm³/mol. The molecule has 0 spiro atoms. The smallest absolute Gasteiger partial charge is 0.216 e. The first-order chi connectivity index (χ1) is 8.96. The first-order valence-corrected chi connectivity index (χ1v) is 7.54. The molecule has 0 amide bonds. The van der Waals surface area contributed by atoms with E-state index in [4.69, 9.17) is 4.42 Å². The molecule has 0 unspecified atom stereocenters. The van der Waals surface area contributed by atoms with Crippen LogP contribution in [0.15, 0.2) is 34.9 Å². The van der Waals surface area contributed by atoms with Gasteiger partial charge in [-0.05, 0) is 18.1 Å². The van der Waals surface area contributed by atoms with Crippen molar-refractivity contribution in [2.45, 2.75) is 26.1 Å². The fourth-order valence-corrected chi connectivity index (χ4v) is 2.90. The molecule has 0 bridgehead atoms. The normalized spacial score (nSPS) is 11.7. The highest BCUT2D eigenvalue weighted by molar-refractivity contribution is 7.88. The first-order valence-electron chi connectivity index (χ1n) is 5.89.